The lowest BCUT2D eigenvalue weighted by Crippen LogP contribution is -2.39. The van der Waals surface area contributed by atoms with Crippen molar-refractivity contribution in [1.82, 2.24) is 0 Å². The summed E-state index contributed by atoms with van der Waals surface area (Å²) in [5.74, 6) is 0.785. The highest BCUT2D eigenvalue weighted by Crippen LogP contribution is 2.23. The largest absolute Gasteiger partial charge is 0.494 e. The van der Waals surface area contributed by atoms with Crippen LogP contribution in [0.5, 0.6) is 5.75 Å². The quantitative estimate of drug-likeness (QED) is 0.795. The molecule has 0 radical (unpaired) electrons. The van der Waals surface area contributed by atoms with Crippen LogP contribution in [0.15, 0.2) is 48.5 Å². The van der Waals surface area contributed by atoms with E-state index < -0.39 is 0 Å². The van der Waals surface area contributed by atoms with E-state index >= 15 is 0 Å². The summed E-state index contributed by atoms with van der Waals surface area (Å²) in [6, 6.07) is 14.9. The number of hydrogen-bond acceptors (Lipinski definition) is 4. The predicted molar refractivity (Wildman–Crippen MR) is 109 cm³/mol. The average Bonchev–Trinajstić information content (AvgIpc) is 2.70. The molecule has 1 aliphatic heterocycles. The Morgan fingerprint density at radius 3 is 2.30 bits per heavy atom. The molecule has 3 rings (SSSR count). The van der Waals surface area contributed by atoms with Crippen LogP contribution >= 0.6 is 0 Å². The van der Waals surface area contributed by atoms with Crippen molar-refractivity contribution in [1.29, 1.82) is 0 Å². The average molecular weight is 369 g/mol. The summed E-state index contributed by atoms with van der Waals surface area (Å²) in [5, 5.41) is 5.67. The Kier molecular flexibility index (Phi) is 6.54. The standard InChI is InChI=1S/C21H27N3O3/c1-3-27-19-12-8-17(9-13-19)23-21(25)22-16-6-10-18(11-7-16)24-14-4-5-20(15-24)26-2/h6-13,20H,3-5,14-15H2,1-2H3,(H2,22,23,25). The van der Waals surface area contributed by atoms with Gasteiger partial charge in [-0.15, -0.1) is 0 Å². The van der Waals surface area contributed by atoms with E-state index in [0.717, 1.165) is 43.1 Å². The van der Waals surface area contributed by atoms with Gasteiger partial charge in [-0.3, -0.25) is 0 Å². The second-order valence-corrected chi connectivity index (χ2v) is 6.53. The molecular formula is C21H27N3O3. The summed E-state index contributed by atoms with van der Waals surface area (Å²) >= 11 is 0. The molecule has 0 saturated carbocycles. The fraction of sp³-hybridized carbons (Fsp3) is 0.381. The number of piperidine rings is 1. The van der Waals surface area contributed by atoms with Gasteiger partial charge in [-0.05, 0) is 68.3 Å². The first-order valence-corrected chi connectivity index (χ1v) is 9.36. The van der Waals surface area contributed by atoms with Gasteiger partial charge in [0.05, 0.1) is 12.7 Å². The molecule has 1 unspecified atom stereocenters. The third kappa shape index (κ3) is 5.37. The summed E-state index contributed by atoms with van der Waals surface area (Å²) in [6.45, 7) is 4.49. The normalized spacial score (nSPS) is 16.7. The third-order valence-corrected chi connectivity index (χ3v) is 4.62. The Labute approximate surface area is 160 Å². The number of amides is 2. The van der Waals surface area contributed by atoms with Gasteiger partial charge in [0.15, 0.2) is 0 Å². The summed E-state index contributed by atoms with van der Waals surface area (Å²) in [6.07, 6.45) is 2.53. The number of urea groups is 1. The molecule has 1 saturated heterocycles. The maximum atomic E-state index is 12.2. The summed E-state index contributed by atoms with van der Waals surface area (Å²) in [5.41, 5.74) is 2.61. The third-order valence-electron chi connectivity index (χ3n) is 4.62. The fourth-order valence-corrected chi connectivity index (χ4v) is 3.22. The minimum Gasteiger partial charge on any atom is -0.494 e. The summed E-state index contributed by atoms with van der Waals surface area (Å²) in [4.78, 5) is 14.5. The van der Waals surface area contributed by atoms with E-state index in [4.69, 9.17) is 9.47 Å². The first kappa shape index (κ1) is 19.0. The number of hydrogen-bond donors (Lipinski definition) is 2. The Hall–Kier alpha value is -2.73. The van der Waals surface area contributed by atoms with E-state index in [1.165, 1.54) is 0 Å². The van der Waals surface area contributed by atoms with Gasteiger partial charge < -0.3 is 25.0 Å². The van der Waals surface area contributed by atoms with Crippen molar-refractivity contribution in [3.05, 3.63) is 48.5 Å². The number of methoxy groups -OCH3 is 1. The molecule has 2 amide bonds. The second-order valence-electron chi connectivity index (χ2n) is 6.53. The molecule has 0 aromatic heterocycles. The van der Waals surface area contributed by atoms with Crippen LogP contribution in [0.1, 0.15) is 19.8 Å². The van der Waals surface area contributed by atoms with Crippen LogP contribution in [0, 0.1) is 0 Å². The molecule has 0 spiro atoms. The number of carbonyl (C=O) groups is 1. The maximum Gasteiger partial charge on any atom is 0.323 e. The van der Waals surface area contributed by atoms with E-state index in [1.54, 1.807) is 7.11 Å². The molecule has 1 heterocycles. The van der Waals surface area contributed by atoms with Crippen LogP contribution < -0.4 is 20.3 Å². The number of benzene rings is 2. The molecule has 1 atom stereocenters. The van der Waals surface area contributed by atoms with Crippen LogP contribution in [0.25, 0.3) is 0 Å². The first-order valence-electron chi connectivity index (χ1n) is 9.36. The fourth-order valence-electron chi connectivity index (χ4n) is 3.22. The lowest BCUT2D eigenvalue weighted by molar-refractivity contribution is 0.0893. The van der Waals surface area contributed by atoms with Crippen molar-refractivity contribution >= 4 is 23.1 Å². The van der Waals surface area contributed by atoms with Gasteiger partial charge >= 0.3 is 6.03 Å². The predicted octanol–water partition coefficient (Wildman–Crippen LogP) is 4.34. The number of ether oxygens (including phenoxy) is 2. The van der Waals surface area contributed by atoms with Crippen LogP contribution in [0.2, 0.25) is 0 Å². The number of carbonyl (C=O) groups excluding carboxylic acids is 1. The Morgan fingerprint density at radius 2 is 1.70 bits per heavy atom. The van der Waals surface area contributed by atoms with E-state index in [2.05, 4.69) is 15.5 Å². The Morgan fingerprint density at radius 1 is 1.07 bits per heavy atom. The molecule has 2 N–H and O–H groups in total. The lowest BCUT2D eigenvalue weighted by atomic mass is 10.1. The van der Waals surface area contributed by atoms with Crippen molar-refractivity contribution in [2.45, 2.75) is 25.9 Å². The molecule has 144 valence electrons. The maximum absolute atomic E-state index is 12.2. The van der Waals surface area contributed by atoms with Crippen molar-refractivity contribution in [2.75, 3.05) is 42.3 Å². The highest BCUT2D eigenvalue weighted by atomic mass is 16.5. The smallest absolute Gasteiger partial charge is 0.323 e. The summed E-state index contributed by atoms with van der Waals surface area (Å²) < 4.78 is 10.9. The lowest BCUT2D eigenvalue weighted by Gasteiger charge is -2.33. The molecule has 2 aromatic carbocycles. The minimum atomic E-state index is -0.274. The van der Waals surface area contributed by atoms with Gasteiger partial charge in [0.25, 0.3) is 0 Å². The van der Waals surface area contributed by atoms with Crippen molar-refractivity contribution < 1.29 is 14.3 Å². The first-order chi connectivity index (χ1) is 13.2. The van der Waals surface area contributed by atoms with Gasteiger partial charge in [0.1, 0.15) is 5.75 Å². The summed E-state index contributed by atoms with van der Waals surface area (Å²) in [7, 11) is 1.77. The topological polar surface area (TPSA) is 62.8 Å². The van der Waals surface area contributed by atoms with Crippen LogP contribution in [-0.2, 0) is 4.74 Å². The molecule has 2 aromatic rings. The van der Waals surface area contributed by atoms with E-state index in [9.17, 15) is 4.79 Å². The van der Waals surface area contributed by atoms with E-state index in [-0.39, 0.29) is 12.1 Å². The number of nitrogens with zero attached hydrogens (tertiary/aromatic N) is 1. The SMILES string of the molecule is CCOc1ccc(NC(=O)Nc2ccc(N3CCCC(OC)C3)cc2)cc1. The van der Waals surface area contributed by atoms with Gasteiger partial charge in [-0.25, -0.2) is 4.79 Å². The van der Waals surface area contributed by atoms with Gasteiger partial charge in [-0.2, -0.15) is 0 Å². The molecular weight excluding hydrogens is 342 g/mol. The van der Waals surface area contributed by atoms with Crippen LogP contribution in [-0.4, -0.2) is 38.9 Å². The highest BCUT2D eigenvalue weighted by molar-refractivity contribution is 5.99. The zero-order valence-electron chi connectivity index (χ0n) is 15.9. The molecule has 0 aliphatic carbocycles. The van der Waals surface area contributed by atoms with Gasteiger partial charge in [0, 0.05) is 37.3 Å². The van der Waals surface area contributed by atoms with Crippen LogP contribution in [0.3, 0.4) is 0 Å². The zero-order chi connectivity index (χ0) is 19.1. The van der Waals surface area contributed by atoms with Gasteiger partial charge in [0.2, 0.25) is 0 Å². The van der Waals surface area contributed by atoms with E-state index in [1.807, 2.05) is 55.5 Å². The Balaban J connectivity index is 1.53. The monoisotopic (exact) mass is 369 g/mol. The van der Waals surface area contributed by atoms with Crippen molar-refractivity contribution in [3.8, 4) is 5.75 Å². The molecule has 1 fully saturated rings. The number of rotatable bonds is 6. The molecule has 6 heteroatoms. The van der Waals surface area contributed by atoms with Crippen LogP contribution in [0.4, 0.5) is 21.9 Å². The molecule has 27 heavy (non-hydrogen) atoms. The highest BCUT2D eigenvalue weighted by Gasteiger charge is 2.19. The van der Waals surface area contributed by atoms with Crippen molar-refractivity contribution in [3.63, 3.8) is 0 Å². The molecule has 0 bridgehead atoms. The van der Waals surface area contributed by atoms with Crippen molar-refractivity contribution in [2.24, 2.45) is 0 Å². The van der Waals surface area contributed by atoms with Gasteiger partial charge in [-0.1, -0.05) is 0 Å². The zero-order valence-corrected chi connectivity index (χ0v) is 15.9. The minimum absolute atomic E-state index is 0.274. The van der Waals surface area contributed by atoms with E-state index in [0.29, 0.717) is 12.3 Å². The number of anilines is 3. The Bertz CT molecular complexity index is 731. The molecule has 6 nitrogen and oxygen atoms in total. The second kappa shape index (κ2) is 9.28. The molecule has 1 aliphatic rings. The number of nitrogens with one attached hydrogen (secondary N) is 2.